The van der Waals surface area contributed by atoms with Gasteiger partial charge in [0.1, 0.15) is 5.76 Å². The first kappa shape index (κ1) is 16.9. The van der Waals surface area contributed by atoms with Crippen LogP contribution in [-0.4, -0.2) is 36.5 Å². The quantitative estimate of drug-likeness (QED) is 0.761. The zero-order valence-electron chi connectivity index (χ0n) is 13.1. The van der Waals surface area contributed by atoms with Crippen LogP contribution in [-0.2, 0) is 11.3 Å². The van der Waals surface area contributed by atoms with Crippen LogP contribution in [0.15, 0.2) is 22.8 Å². The molecule has 124 valence electrons. The zero-order chi connectivity index (χ0) is 16.5. The number of carbonyl (C=O) groups excluding carboxylic acids is 2. The van der Waals surface area contributed by atoms with Crippen molar-refractivity contribution in [2.24, 2.45) is 5.92 Å². The minimum absolute atomic E-state index is 0.0673. The van der Waals surface area contributed by atoms with Crippen molar-refractivity contribution in [1.82, 2.24) is 15.5 Å². The molecule has 0 spiro atoms. The monoisotopic (exact) mass is 318 g/mol. The van der Waals surface area contributed by atoms with Gasteiger partial charge in [-0.15, -0.1) is 0 Å². The molecule has 1 aromatic heterocycles. The number of urea groups is 1. The number of nitrogens with one attached hydrogen (secondary N) is 2. The summed E-state index contributed by atoms with van der Waals surface area (Å²) in [6.45, 7) is 1.30. The molecule has 0 bridgehead atoms. The van der Waals surface area contributed by atoms with Crippen molar-refractivity contribution in [1.29, 1.82) is 5.26 Å². The molecule has 1 saturated carbocycles. The summed E-state index contributed by atoms with van der Waals surface area (Å²) in [4.78, 5) is 25.6. The Kier molecular flexibility index (Phi) is 6.48. The first-order valence-corrected chi connectivity index (χ1v) is 7.88. The minimum atomic E-state index is -0.418. The summed E-state index contributed by atoms with van der Waals surface area (Å²) in [5.41, 5.74) is 0. The standard InChI is InChI=1S/C16H22N4O3/c17-7-3-8-20(12-13-4-1-5-13)15(21)11-19-16(22)18-10-14-6-2-9-23-14/h2,6,9,13H,1,3-5,8,10-12H2,(H2,18,19,22). The summed E-state index contributed by atoms with van der Waals surface area (Å²) < 4.78 is 5.11. The molecule has 1 aliphatic carbocycles. The van der Waals surface area contributed by atoms with E-state index in [4.69, 9.17) is 9.68 Å². The van der Waals surface area contributed by atoms with Crippen LogP contribution >= 0.6 is 0 Å². The van der Waals surface area contributed by atoms with Crippen molar-refractivity contribution in [3.05, 3.63) is 24.2 Å². The Hall–Kier alpha value is -2.49. The number of nitrogens with zero attached hydrogens (tertiary/aromatic N) is 2. The fraction of sp³-hybridized carbons (Fsp3) is 0.562. The molecule has 0 atom stereocenters. The highest BCUT2D eigenvalue weighted by Crippen LogP contribution is 2.27. The topological polar surface area (TPSA) is 98.4 Å². The van der Waals surface area contributed by atoms with Crippen molar-refractivity contribution >= 4 is 11.9 Å². The number of hydrogen-bond donors (Lipinski definition) is 2. The van der Waals surface area contributed by atoms with Crippen LogP contribution in [0.5, 0.6) is 0 Å². The second-order valence-corrected chi connectivity index (χ2v) is 5.66. The molecule has 0 unspecified atom stereocenters. The fourth-order valence-electron chi connectivity index (χ4n) is 2.40. The van der Waals surface area contributed by atoms with E-state index in [1.54, 1.807) is 17.0 Å². The van der Waals surface area contributed by atoms with E-state index >= 15 is 0 Å². The molecule has 23 heavy (non-hydrogen) atoms. The normalized spacial score (nSPS) is 13.7. The molecule has 7 heteroatoms. The Morgan fingerprint density at radius 3 is 2.83 bits per heavy atom. The lowest BCUT2D eigenvalue weighted by Crippen LogP contribution is -2.45. The van der Waals surface area contributed by atoms with Gasteiger partial charge in [-0.1, -0.05) is 6.42 Å². The van der Waals surface area contributed by atoms with Crippen molar-refractivity contribution < 1.29 is 14.0 Å². The van der Waals surface area contributed by atoms with Crippen molar-refractivity contribution in [3.8, 4) is 6.07 Å². The molecule has 0 aromatic carbocycles. The Balaban J connectivity index is 1.71. The Morgan fingerprint density at radius 1 is 1.39 bits per heavy atom. The summed E-state index contributed by atoms with van der Waals surface area (Å²) in [6, 6.07) is 5.14. The maximum Gasteiger partial charge on any atom is 0.315 e. The molecule has 7 nitrogen and oxygen atoms in total. The van der Waals surface area contributed by atoms with E-state index < -0.39 is 6.03 Å². The van der Waals surface area contributed by atoms with Gasteiger partial charge < -0.3 is 20.0 Å². The van der Waals surface area contributed by atoms with Crippen LogP contribution in [0.4, 0.5) is 4.79 Å². The maximum atomic E-state index is 12.2. The summed E-state index contributed by atoms with van der Waals surface area (Å²) in [5, 5.41) is 13.9. The lowest BCUT2D eigenvalue weighted by atomic mass is 9.85. The number of carbonyl (C=O) groups is 2. The van der Waals surface area contributed by atoms with Gasteiger partial charge in [0.05, 0.1) is 31.8 Å². The van der Waals surface area contributed by atoms with Gasteiger partial charge >= 0.3 is 6.03 Å². The first-order valence-electron chi connectivity index (χ1n) is 7.88. The number of nitriles is 1. The smallest absolute Gasteiger partial charge is 0.315 e. The van der Waals surface area contributed by atoms with Crippen LogP contribution in [0.2, 0.25) is 0 Å². The molecule has 0 aliphatic heterocycles. The molecule has 1 aromatic rings. The van der Waals surface area contributed by atoms with E-state index in [0.29, 0.717) is 31.2 Å². The van der Waals surface area contributed by atoms with Crippen molar-refractivity contribution in [3.63, 3.8) is 0 Å². The van der Waals surface area contributed by atoms with Crippen molar-refractivity contribution in [2.75, 3.05) is 19.6 Å². The van der Waals surface area contributed by atoms with E-state index in [-0.39, 0.29) is 19.0 Å². The molecule has 3 amide bonds. The van der Waals surface area contributed by atoms with Crippen LogP contribution < -0.4 is 10.6 Å². The molecular formula is C16H22N4O3. The number of rotatable bonds is 8. The highest BCUT2D eigenvalue weighted by atomic mass is 16.3. The van der Waals surface area contributed by atoms with Gasteiger partial charge in [0.2, 0.25) is 5.91 Å². The number of furan rings is 1. The van der Waals surface area contributed by atoms with E-state index in [1.165, 1.54) is 12.7 Å². The molecule has 2 rings (SSSR count). The number of amides is 3. The fourth-order valence-corrected chi connectivity index (χ4v) is 2.40. The van der Waals surface area contributed by atoms with Gasteiger partial charge in [-0.3, -0.25) is 4.79 Å². The lowest BCUT2D eigenvalue weighted by Gasteiger charge is -2.32. The third-order valence-electron chi connectivity index (χ3n) is 3.95. The number of hydrogen-bond acceptors (Lipinski definition) is 4. The van der Waals surface area contributed by atoms with Gasteiger partial charge in [-0.2, -0.15) is 5.26 Å². The van der Waals surface area contributed by atoms with Crippen LogP contribution in [0, 0.1) is 17.2 Å². The molecule has 0 radical (unpaired) electrons. The van der Waals surface area contributed by atoms with Gasteiger partial charge in [-0.05, 0) is 30.9 Å². The highest BCUT2D eigenvalue weighted by molar-refractivity contribution is 5.84. The predicted octanol–water partition coefficient (Wildman–Crippen LogP) is 1.62. The largest absolute Gasteiger partial charge is 0.467 e. The first-order chi connectivity index (χ1) is 11.2. The molecule has 0 saturated heterocycles. The Bertz CT molecular complexity index is 546. The van der Waals surface area contributed by atoms with Crippen LogP contribution in [0.1, 0.15) is 31.4 Å². The van der Waals surface area contributed by atoms with E-state index in [1.807, 2.05) is 0 Å². The summed E-state index contributed by atoms with van der Waals surface area (Å²) >= 11 is 0. The van der Waals surface area contributed by atoms with Gasteiger partial charge in [-0.25, -0.2) is 4.79 Å². The lowest BCUT2D eigenvalue weighted by molar-refractivity contribution is -0.131. The highest BCUT2D eigenvalue weighted by Gasteiger charge is 2.23. The Labute approximate surface area is 135 Å². The average Bonchev–Trinajstić information content (AvgIpc) is 3.02. The van der Waals surface area contributed by atoms with E-state index in [0.717, 1.165) is 12.8 Å². The minimum Gasteiger partial charge on any atom is -0.467 e. The van der Waals surface area contributed by atoms with E-state index in [9.17, 15) is 9.59 Å². The molecule has 1 fully saturated rings. The SMILES string of the molecule is N#CCCN(CC1CCC1)C(=O)CNC(=O)NCc1ccco1. The third-order valence-corrected chi connectivity index (χ3v) is 3.95. The molecule has 2 N–H and O–H groups in total. The summed E-state index contributed by atoms with van der Waals surface area (Å²) in [5.74, 6) is 1.03. The maximum absolute atomic E-state index is 12.2. The third kappa shape index (κ3) is 5.66. The van der Waals surface area contributed by atoms with Crippen LogP contribution in [0.25, 0.3) is 0 Å². The van der Waals surface area contributed by atoms with E-state index in [2.05, 4.69) is 16.7 Å². The molecule has 1 aliphatic rings. The van der Waals surface area contributed by atoms with Gasteiger partial charge in [0.15, 0.2) is 0 Å². The molecule has 1 heterocycles. The molecular weight excluding hydrogens is 296 g/mol. The van der Waals surface area contributed by atoms with Gasteiger partial charge in [0, 0.05) is 13.1 Å². The van der Waals surface area contributed by atoms with Crippen LogP contribution in [0.3, 0.4) is 0 Å². The summed E-state index contributed by atoms with van der Waals surface area (Å²) in [7, 11) is 0. The summed E-state index contributed by atoms with van der Waals surface area (Å²) in [6.07, 6.45) is 5.31. The van der Waals surface area contributed by atoms with Gasteiger partial charge in [0.25, 0.3) is 0 Å². The average molecular weight is 318 g/mol. The second kappa shape index (κ2) is 8.83. The van der Waals surface area contributed by atoms with Crippen molar-refractivity contribution in [2.45, 2.75) is 32.2 Å². The Morgan fingerprint density at radius 2 is 2.22 bits per heavy atom. The zero-order valence-corrected chi connectivity index (χ0v) is 13.1. The second-order valence-electron chi connectivity index (χ2n) is 5.66. The predicted molar refractivity (Wildman–Crippen MR) is 83.1 cm³/mol.